The van der Waals surface area contributed by atoms with Gasteiger partial charge in [-0.3, -0.25) is 9.58 Å². The molecule has 3 aromatic heterocycles. The van der Waals surface area contributed by atoms with E-state index in [9.17, 15) is 5.26 Å². The number of nitrogens with one attached hydrogen (secondary N) is 1. The Morgan fingerprint density at radius 2 is 1.76 bits per heavy atom. The van der Waals surface area contributed by atoms with Crippen LogP contribution in [0.25, 0.3) is 11.1 Å². The Balaban J connectivity index is 1.02. The van der Waals surface area contributed by atoms with E-state index in [0.29, 0.717) is 79.4 Å². The highest BCUT2D eigenvalue weighted by Gasteiger charge is 2.42. The van der Waals surface area contributed by atoms with E-state index in [4.69, 9.17) is 24.0 Å². The van der Waals surface area contributed by atoms with E-state index in [0.717, 1.165) is 50.0 Å². The second-order valence-electron chi connectivity index (χ2n) is 13.0. The lowest BCUT2D eigenvalue weighted by Crippen LogP contribution is -2.52. The summed E-state index contributed by atoms with van der Waals surface area (Å²) in [7, 11) is 0. The first-order valence-electron chi connectivity index (χ1n) is 17.4. The fourth-order valence-electron chi connectivity index (χ4n) is 7.37. The molecule has 2 saturated heterocycles. The van der Waals surface area contributed by atoms with Crippen LogP contribution in [0.4, 0.5) is 11.6 Å². The first-order valence-corrected chi connectivity index (χ1v) is 17.4. The third-order valence-electron chi connectivity index (χ3n) is 9.70. The molecule has 5 heterocycles. The molecular formula is C35H44N10O4. The number of aromatic nitrogens is 7. The van der Waals surface area contributed by atoms with Gasteiger partial charge >= 0.3 is 0 Å². The molecule has 14 heteroatoms. The summed E-state index contributed by atoms with van der Waals surface area (Å²) in [5, 5.41) is 22.0. The summed E-state index contributed by atoms with van der Waals surface area (Å²) >= 11 is 0. The van der Waals surface area contributed by atoms with Crippen molar-refractivity contribution in [2.24, 2.45) is 0 Å². The minimum absolute atomic E-state index is 0.229. The van der Waals surface area contributed by atoms with E-state index in [-0.39, 0.29) is 6.10 Å². The fraction of sp³-hybridized carbons (Fsp3) is 0.543. The smallest absolute Gasteiger partial charge is 0.257 e. The first-order chi connectivity index (χ1) is 24.1. The fourth-order valence-corrected chi connectivity index (χ4v) is 7.37. The van der Waals surface area contributed by atoms with Gasteiger partial charge in [0.1, 0.15) is 42.9 Å². The van der Waals surface area contributed by atoms with Crippen LogP contribution in [0.2, 0.25) is 0 Å². The number of hydrogen-bond acceptors (Lipinski definition) is 12. The largest absolute Gasteiger partial charge is 0.487 e. The maximum absolute atomic E-state index is 9.68. The van der Waals surface area contributed by atoms with Gasteiger partial charge in [0.15, 0.2) is 0 Å². The third kappa shape index (κ3) is 7.69. The van der Waals surface area contributed by atoms with E-state index in [1.807, 2.05) is 32.2 Å². The SMILES string of the molecule is CCOCCOc1nn([C@H]2CC[C@H](N3[C@@H]4CC[C@H]3COC4)CC2)cc1Nc1ncc(-c2ccc(C#N)c(O[C@@H](C)Cn3cncn3)c2)cn1. The number of hydrogen-bond donors (Lipinski definition) is 1. The molecule has 7 rings (SSSR count). The van der Waals surface area contributed by atoms with Gasteiger partial charge in [-0.1, -0.05) is 6.07 Å². The second-order valence-corrected chi connectivity index (χ2v) is 13.0. The Hall–Kier alpha value is -4.58. The van der Waals surface area contributed by atoms with Gasteiger partial charge in [0.25, 0.3) is 5.88 Å². The molecule has 0 amide bonds. The number of rotatable bonds is 14. The van der Waals surface area contributed by atoms with Gasteiger partial charge in [-0.05, 0) is 70.1 Å². The average Bonchev–Trinajstić information content (AvgIpc) is 3.85. The van der Waals surface area contributed by atoms with Crippen molar-refractivity contribution in [1.29, 1.82) is 5.26 Å². The molecule has 0 spiro atoms. The number of anilines is 2. The summed E-state index contributed by atoms with van der Waals surface area (Å²) in [5.74, 6) is 1.42. The standard InChI is InChI=1S/C35H44N10O4/c1-3-46-12-13-48-34-32(19-44(42-34)28-6-8-29(9-7-28)45-30-10-11-31(45)21-47-20-30)41-35-38-16-27(17-39-35)25-4-5-26(15-36)33(14-25)49-24(2)18-43-23-37-22-40-43/h4-5,14,16-17,19,22-24,28-31H,3,6-13,18,20-21H2,1-2H3,(H,38,39,41)/t24-,28-,29-,30-,31+/m0/s1. The van der Waals surface area contributed by atoms with E-state index < -0.39 is 0 Å². The van der Waals surface area contributed by atoms with E-state index in [2.05, 4.69) is 41.0 Å². The maximum atomic E-state index is 9.68. The van der Waals surface area contributed by atoms with Gasteiger partial charge in [-0.15, -0.1) is 5.10 Å². The van der Waals surface area contributed by atoms with Crippen molar-refractivity contribution in [2.75, 3.05) is 38.4 Å². The highest BCUT2D eigenvalue weighted by molar-refractivity contribution is 5.67. The van der Waals surface area contributed by atoms with Gasteiger partial charge in [0, 0.05) is 42.7 Å². The van der Waals surface area contributed by atoms with Crippen molar-refractivity contribution < 1.29 is 18.9 Å². The normalized spacial score (nSPS) is 22.8. The lowest BCUT2D eigenvalue weighted by atomic mass is 9.89. The molecule has 0 radical (unpaired) electrons. The minimum atomic E-state index is -0.229. The van der Waals surface area contributed by atoms with E-state index >= 15 is 0 Å². The predicted molar refractivity (Wildman–Crippen MR) is 181 cm³/mol. The maximum Gasteiger partial charge on any atom is 0.257 e. The van der Waals surface area contributed by atoms with Crippen LogP contribution < -0.4 is 14.8 Å². The van der Waals surface area contributed by atoms with Gasteiger partial charge in [-0.2, -0.15) is 10.4 Å². The summed E-state index contributed by atoms with van der Waals surface area (Å²) in [6.45, 7) is 7.66. The summed E-state index contributed by atoms with van der Waals surface area (Å²) in [6, 6.07) is 9.77. The monoisotopic (exact) mass is 668 g/mol. The number of nitriles is 1. The van der Waals surface area contributed by atoms with E-state index in [1.54, 1.807) is 29.5 Å². The molecule has 1 aromatic carbocycles. The molecule has 0 unspecified atom stereocenters. The zero-order valence-corrected chi connectivity index (χ0v) is 28.1. The predicted octanol–water partition coefficient (Wildman–Crippen LogP) is 4.78. The lowest BCUT2D eigenvalue weighted by Gasteiger charge is -2.43. The second kappa shape index (κ2) is 15.3. The molecular weight excluding hydrogens is 624 g/mol. The molecule has 4 aromatic rings. The van der Waals surface area contributed by atoms with Crippen LogP contribution >= 0.6 is 0 Å². The Kier molecular flexibility index (Phi) is 10.3. The molecule has 2 bridgehead atoms. The Labute approximate surface area is 286 Å². The third-order valence-corrected chi connectivity index (χ3v) is 9.70. The number of fused-ring (bicyclic) bond motifs is 2. The van der Waals surface area contributed by atoms with Crippen molar-refractivity contribution in [2.45, 2.75) is 89.2 Å². The molecule has 14 nitrogen and oxygen atoms in total. The van der Waals surface area contributed by atoms with Crippen molar-refractivity contribution >= 4 is 11.6 Å². The number of morpholine rings is 1. The average molecular weight is 669 g/mol. The first kappa shape index (κ1) is 32.9. The molecule has 49 heavy (non-hydrogen) atoms. The quantitative estimate of drug-likeness (QED) is 0.184. The summed E-state index contributed by atoms with van der Waals surface area (Å²) in [6.07, 6.45) is 15.4. The molecule has 2 aliphatic heterocycles. The van der Waals surface area contributed by atoms with Gasteiger partial charge < -0.3 is 24.3 Å². The van der Waals surface area contributed by atoms with Crippen LogP contribution in [-0.2, 0) is 16.0 Å². The van der Waals surface area contributed by atoms with Gasteiger partial charge in [-0.25, -0.2) is 19.6 Å². The van der Waals surface area contributed by atoms with Crippen LogP contribution in [0.15, 0.2) is 49.4 Å². The zero-order valence-electron chi connectivity index (χ0n) is 28.1. The molecule has 258 valence electrons. The van der Waals surface area contributed by atoms with Crippen LogP contribution in [0.3, 0.4) is 0 Å². The molecule has 1 aliphatic carbocycles. The molecule has 3 aliphatic rings. The summed E-state index contributed by atoms with van der Waals surface area (Å²) < 4.78 is 27.3. The molecule has 1 N–H and O–H groups in total. The summed E-state index contributed by atoms with van der Waals surface area (Å²) in [4.78, 5) is 16.0. The van der Waals surface area contributed by atoms with Crippen LogP contribution in [0, 0.1) is 11.3 Å². The Morgan fingerprint density at radius 1 is 1.00 bits per heavy atom. The van der Waals surface area contributed by atoms with Crippen molar-refractivity contribution in [3.05, 3.63) is 55.0 Å². The molecule has 3 fully saturated rings. The number of ether oxygens (including phenoxy) is 4. The Morgan fingerprint density at radius 3 is 2.47 bits per heavy atom. The van der Waals surface area contributed by atoms with Crippen LogP contribution in [0.5, 0.6) is 11.6 Å². The Bertz CT molecular complexity index is 1680. The number of nitrogens with zero attached hydrogens (tertiary/aromatic N) is 9. The summed E-state index contributed by atoms with van der Waals surface area (Å²) in [5.41, 5.74) is 2.79. The molecule has 1 saturated carbocycles. The van der Waals surface area contributed by atoms with Crippen molar-refractivity contribution in [3.63, 3.8) is 0 Å². The highest BCUT2D eigenvalue weighted by atomic mass is 16.5. The van der Waals surface area contributed by atoms with Gasteiger partial charge in [0.2, 0.25) is 5.95 Å². The van der Waals surface area contributed by atoms with Crippen LogP contribution in [0.1, 0.15) is 64.0 Å². The topological polar surface area (TPSA) is 150 Å². The molecule has 3 atom stereocenters. The zero-order chi connectivity index (χ0) is 33.6. The van der Waals surface area contributed by atoms with Crippen molar-refractivity contribution in [3.8, 4) is 28.8 Å². The lowest BCUT2D eigenvalue weighted by molar-refractivity contribution is -0.0458. The minimum Gasteiger partial charge on any atom is -0.487 e. The highest BCUT2D eigenvalue weighted by Crippen LogP contribution is 2.39. The van der Waals surface area contributed by atoms with Crippen LogP contribution in [-0.4, -0.2) is 96.7 Å². The van der Waals surface area contributed by atoms with E-state index in [1.165, 1.54) is 19.2 Å². The van der Waals surface area contributed by atoms with Crippen molar-refractivity contribution in [1.82, 2.24) is 39.4 Å². The number of benzene rings is 1. The van der Waals surface area contributed by atoms with Gasteiger partial charge in [0.05, 0.1) is 44.2 Å².